The van der Waals surface area contributed by atoms with Gasteiger partial charge in [-0.1, -0.05) is 45.4 Å². The summed E-state index contributed by atoms with van der Waals surface area (Å²) in [4.78, 5) is 0. The highest BCUT2D eigenvalue weighted by Gasteiger charge is 2.34. The number of aliphatic hydroxyl groups excluding tert-OH is 1. The van der Waals surface area contributed by atoms with E-state index in [4.69, 9.17) is 4.74 Å². The highest BCUT2D eigenvalue weighted by atomic mass is 16.6. The Morgan fingerprint density at radius 1 is 1.20 bits per heavy atom. The summed E-state index contributed by atoms with van der Waals surface area (Å²) in [7, 11) is 0. The molecule has 1 N–H and O–H groups in total. The molecule has 0 saturated carbocycles. The van der Waals surface area contributed by atoms with Crippen LogP contribution in [-0.2, 0) is 4.74 Å². The summed E-state index contributed by atoms with van der Waals surface area (Å²) in [6.45, 7) is 4.38. The number of aliphatic hydroxyl groups is 1. The Morgan fingerprint density at radius 3 is 2.47 bits per heavy atom. The van der Waals surface area contributed by atoms with Crippen LogP contribution in [0.1, 0.15) is 71.6 Å². The zero-order valence-electron chi connectivity index (χ0n) is 10.3. The Labute approximate surface area is 94.0 Å². The lowest BCUT2D eigenvalue weighted by atomic mass is 9.95. The van der Waals surface area contributed by atoms with Gasteiger partial charge < -0.3 is 9.84 Å². The van der Waals surface area contributed by atoms with Gasteiger partial charge in [-0.2, -0.15) is 0 Å². The monoisotopic (exact) mass is 214 g/mol. The van der Waals surface area contributed by atoms with Gasteiger partial charge in [0.2, 0.25) is 0 Å². The number of rotatable bonds is 7. The molecule has 0 aromatic rings. The fourth-order valence-corrected chi connectivity index (χ4v) is 2.34. The Bertz CT molecular complexity index is 170. The van der Waals surface area contributed by atoms with Crippen LogP contribution in [0, 0.1) is 0 Å². The summed E-state index contributed by atoms with van der Waals surface area (Å²) < 4.78 is 5.53. The summed E-state index contributed by atoms with van der Waals surface area (Å²) in [5.74, 6) is 0. The van der Waals surface area contributed by atoms with E-state index in [0.717, 1.165) is 19.3 Å². The van der Waals surface area contributed by atoms with Crippen molar-refractivity contribution < 1.29 is 9.84 Å². The first-order valence-electron chi connectivity index (χ1n) is 6.52. The number of hydrogen-bond donors (Lipinski definition) is 1. The largest absolute Gasteiger partial charge is 0.368 e. The molecule has 2 heteroatoms. The molecule has 0 aliphatic carbocycles. The normalized spacial score (nSPS) is 31.0. The first kappa shape index (κ1) is 13.0. The minimum atomic E-state index is -0.505. The molecule has 0 amide bonds. The van der Waals surface area contributed by atoms with E-state index in [9.17, 15) is 5.11 Å². The predicted molar refractivity (Wildman–Crippen MR) is 62.7 cm³/mol. The SMILES string of the molecule is CCCCCCCCC1(C)CCC(O)O1. The van der Waals surface area contributed by atoms with Crippen LogP contribution in [0.2, 0.25) is 0 Å². The van der Waals surface area contributed by atoms with Crippen LogP contribution < -0.4 is 0 Å². The van der Waals surface area contributed by atoms with Crippen LogP contribution in [0.3, 0.4) is 0 Å². The van der Waals surface area contributed by atoms with E-state index in [2.05, 4.69) is 13.8 Å². The second-order valence-corrected chi connectivity index (χ2v) is 5.08. The lowest BCUT2D eigenvalue weighted by Gasteiger charge is -2.23. The molecule has 2 atom stereocenters. The van der Waals surface area contributed by atoms with Crippen molar-refractivity contribution in [3.63, 3.8) is 0 Å². The molecule has 0 radical (unpaired) electrons. The molecule has 2 nitrogen and oxygen atoms in total. The van der Waals surface area contributed by atoms with Crippen LogP contribution in [0.25, 0.3) is 0 Å². The molecule has 1 heterocycles. The maximum atomic E-state index is 9.32. The van der Waals surface area contributed by atoms with Gasteiger partial charge in [-0.25, -0.2) is 0 Å². The van der Waals surface area contributed by atoms with Gasteiger partial charge in [-0.15, -0.1) is 0 Å². The van der Waals surface area contributed by atoms with E-state index in [1.54, 1.807) is 0 Å². The van der Waals surface area contributed by atoms with Crippen LogP contribution in [0.5, 0.6) is 0 Å². The summed E-state index contributed by atoms with van der Waals surface area (Å²) >= 11 is 0. The zero-order chi connectivity index (χ0) is 11.1. The second kappa shape index (κ2) is 6.49. The Kier molecular flexibility index (Phi) is 5.62. The van der Waals surface area contributed by atoms with E-state index in [1.807, 2.05) is 0 Å². The Morgan fingerprint density at radius 2 is 1.87 bits per heavy atom. The van der Waals surface area contributed by atoms with Crippen molar-refractivity contribution >= 4 is 0 Å². The molecular formula is C13H26O2. The first-order chi connectivity index (χ1) is 7.16. The topological polar surface area (TPSA) is 29.5 Å². The van der Waals surface area contributed by atoms with E-state index in [1.165, 1.54) is 38.5 Å². The van der Waals surface area contributed by atoms with Crippen molar-refractivity contribution in [2.24, 2.45) is 0 Å². The molecule has 1 rings (SSSR count). The van der Waals surface area contributed by atoms with Crippen LogP contribution in [0.4, 0.5) is 0 Å². The van der Waals surface area contributed by atoms with Crippen LogP contribution >= 0.6 is 0 Å². The standard InChI is InChI=1S/C13H26O2/c1-3-4-5-6-7-8-10-13(2)11-9-12(14)15-13/h12,14H,3-11H2,1-2H3. The third-order valence-electron chi connectivity index (χ3n) is 3.40. The zero-order valence-corrected chi connectivity index (χ0v) is 10.3. The molecule has 1 saturated heterocycles. The van der Waals surface area contributed by atoms with Crippen molar-refractivity contribution in [2.45, 2.75) is 83.5 Å². The van der Waals surface area contributed by atoms with Crippen LogP contribution in [-0.4, -0.2) is 17.0 Å². The van der Waals surface area contributed by atoms with Gasteiger partial charge in [-0.3, -0.25) is 0 Å². The molecule has 0 spiro atoms. The third kappa shape index (κ3) is 4.98. The molecule has 0 bridgehead atoms. The smallest absolute Gasteiger partial charge is 0.155 e. The Balaban J connectivity index is 2.00. The maximum absolute atomic E-state index is 9.32. The van der Waals surface area contributed by atoms with Crippen molar-refractivity contribution in [3.8, 4) is 0 Å². The quantitative estimate of drug-likeness (QED) is 0.656. The second-order valence-electron chi connectivity index (χ2n) is 5.08. The molecule has 15 heavy (non-hydrogen) atoms. The van der Waals surface area contributed by atoms with E-state index < -0.39 is 6.29 Å². The van der Waals surface area contributed by atoms with E-state index >= 15 is 0 Å². The van der Waals surface area contributed by atoms with Crippen molar-refractivity contribution in [3.05, 3.63) is 0 Å². The highest BCUT2D eigenvalue weighted by molar-refractivity contribution is 4.81. The van der Waals surface area contributed by atoms with Crippen molar-refractivity contribution in [2.75, 3.05) is 0 Å². The minimum absolute atomic E-state index is 0.0375. The molecule has 0 aromatic heterocycles. The molecule has 0 aromatic carbocycles. The van der Waals surface area contributed by atoms with E-state index in [0.29, 0.717) is 0 Å². The van der Waals surface area contributed by atoms with Gasteiger partial charge in [0.1, 0.15) is 0 Å². The van der Waals surface area contributed by atoms with Gasteiger partial charge >= 0.3 is 0 Å². The van der Waals surface area contributed by atoms with Gasteiger partial charge in [0, 0.05) is 6.42 Å². The van der Waals surface area contributed by atoms with Gasteiger partial charge in [0.05, 0.1) is 5.60 Å². The lowest BCUT2D eigenvalue weighted by molar-refractivity contribution is -0.133. The van der Waals surface area contributed by atoms with Gasteiger partial charge in [0.25, 0.3) is 0 Å². The van der Waals surface area contributed by atoms with Gasteiger partial charge in [-0.05, 0) is 19.8 Å². The maximum Gasteiger partial charge on any atom is 0.155 e. The average Bonchev–Trinajstić information content (AvgIpc) is 2.53. The summed E-state index contributed by atoms with van der Waals surface area (Å²) in [6.07, 6.45) is 10.4. The fraction of sp³-hybridized carbons (Fsp3) is 1.00. The third-order valence-corrected chi connectivity index (χ3v) is 3.40. The number of hydrogen-bond acceptors (Lipinski definition) is 2. The minimum Gasteiger partial charge on any atom is -0.368 e. The lowest BCUT2D eigenvalue weighted by Crippen LogP contribution is -2.24. The van der Waals surface area contributed by atoms with Crippen LogP contribution in [0.15, 0.2) is 0 Å². The van der Waals surface area contributed by atoms with Crippen molar-refractivity contribution in [1.29, 1.82) is 0 Å². The fourth-order valence-electron chi connectivity index (χ4n) is 2.34. The highest BCUT2D eigenvalue weighted by Crippen LogP contribution is 2.33. The Hall–Kier alpha value is -0.0800. The van der Waals surface area contributed by atoms with Gasteiger partial charge in [0.15, 0.2) is 6.29 Å². The molecule has 1 fully saturated rings. The summed E-state index contributed by atoms with van der Waals surface area (Å²) in [5.41, 5.74) is -0.0375. The molecule has 2 unspecified atom stereocenters. The number of ether oxygens (including phenoxy) is 1. The van der Waals surface area contributed by atoms with E-state index in [-0.39, 0.29) is 5.60 Å². The first-order valence-corrected chi connectivity index (χ1v) is 6.52. The summed E-state index contributed by atoms with van der Waals surface area (Å²) in [6, 6.07) is 0. The summed E-state index contributed by atoms with van der Waals surface area (Å²) in [5, 5.41) is 9.32. The molecule has 90 valence electrons. The average molecular weight is 214 g/mol. The molecular weight excluding hydrogens is 188 g/mol. The molecule has 1 aliphatic heterocycles. The predicted octanol–water partition coefficient (Wildman–Crippen LogP) is 3.62. The van der Waals surface area contributed by atoms with Crippen molar-refractivity contribution in [1.82, 2.24) is 0 Å². The number of unbranched alkanes of at least 4 members (excludes halogenated alkanes) is 5. The molecule has 1 aliphatic rings.